The summed E-state index contributed by atoms with van der Waals surface area (Å²) in [6, 6.07) is 17.3. The molecule has 0 aliphatic heterocycles. The number of halogens is 7. The van der Waals surface area contributed by atoms with Gasteiger partial charge in [0, 0.05) is 33.4 Å². The maximum atomic E-state index is 17.0. The SMILES string of the molecule is N#CC(C#N)=C1C(c2ccc(C#N)cc2C(F)(F)F)=C(C#N)c2c1cc1c(c2F)C(C#N)=C(c2ccc(C#N)cc2C(F)(F)F)C1=C(C#N)C#N. The molecule has 0 heterocycles. The number of fused-ring (bicyclic) bond motifs is 2. The Kier molecular flexibility index (Phi) is 8.26. The predicted molar refractivity (Wildman–Crippen MR) is 160 cm³/mol. The third-order valence-electron chi connectivity index (χ3n) is 7.92. The first-order valence-electron chi connectivity index (χ1n) is 13.7. The number of nitriles is 8. The smallest absolute Gasteiger partial charge is 0.206 e. The first kappa shape index (κ1) is 34.4. The minimum atomic E-state index is -5.21. The molecule has 3 aromatic carbocycles. The van der Waals surface area contributed by atoms with Crippen molar-refractivity contribution in [1.82, 2.24) is 0 Å². The summed E-state index contributed by atoms with van der Waals surface area (Å²) in [7, 11) is 0. The minimum absolute atomic E-state index is 0.429. The van der Waals surface area contributed by atoms with Gasteiger partial charge in [-0.25, -0.2) is 4.39 Å². The topological polar surface area (TPSA) is 190 Å². The zero-order chi connectivity index (χ0) is 37.6. The molecule has 240 valence electrons. The van der Waals surface area contributed by atoms with Crippen LogP contribution in [0.3, 0.4) is 0 Å². The van der Waals surface area contributed by atoms with Gasteiger partial charge in [0.25, 0.3) is 0 Å². The van der Waals surface area contributed by atoms with Crippen LogP contribution in [-0.2, 0) is 12.4 Å². The summed E-state index contributed by atoms with van der Waals surface area (Å²) >= 11 is 0. The van der Waals surface area contributed by atoms with E-state index in [0.29, 0.717) is 12.1 Å². The molecule has 0 amide bonds. The number of allylic oxidation sites excluding steroid dienone is 8. The van der Waals surface area contributed by atoms with Gasteiger partial charge in [0.15, 0.2) is 0 Å². The summed E-state index contributed by atoms with van der Waals surface area (Å²) in [6.45, 7) is 0. The molecule has 51 heavy (non-hydrogen) atoms. The third kappa shape index (κ3) is 5.19. The van der Waals surface area contributed by atoms with Gasteiger partial charge in [-0.15, -0.1) is 0 Å². The molecule has 0 saturated heterocycles. The van der Waals surface area contributed by atoms with E-state index in [2.05, 4.69) is 0 Å². The average molecular weight is 684 g/mol. The zero-order valence-electron chi connectivity index (χ0n) is 24.8. The molecule has 3 aromatic rings. The first-order valence-corrected chi connectivity index (χ1v) is 13.7. The lowest BCUT2D eigenvalue weighted by atomic mass is 9.87. The first-order chi connectivity index (χ1) is 24.2. The molecule has 0 bridgehead atoms. The molecule has 0 fully saturated rings. The molecule has 0 atom stereocenters. The van der Waals surface area contributed by atoms with Gasteiger partial charge in [-0.3, -0.25) is 0 Å². The van der Waals surface area contributed by atoms with Crippen molar-refractivity contribution in [2.45, 2.75) is 12.4 Å². The highest BCUT2D eigenvalue weighted by Gasteiger charge is 2.45. The van der Waals surface area contributed by atoms with Crippen LogP contribution < -0.4 is 0 Å². The molecule has 2 aliphatic rings. The number of benzene rings is 3. The second kappa shape index (κ2) is 12.3. The Balaban J connectivity index is 2.04. The molecular weight excluding hydrogens is 677 g/mol. The highest BCUT2D eigenvalue weighted by Crippen LogP contribution is 2.57. The minimum Gasteiger partial charge on any atom is -0.206 e. The van der Waals surface area contributed by atoms with E-state index < -0.39 is 118 Å². The predicted octanol–water partition coefficient (Wildman–Crippen LogP) is 8.10. The molecule has 0 N–H and O–H groups in total. The molecule has 5 rings (SSSR count). The van der Waals surface area contributed by atoms with Crippen LogP contribution in [0, 0.1) is 96.5 Å². The lowest BCUT2D eigenvalue weighted by molar-refractivity contribution is -0.138. The molecule has 0 saturated carbocycles. The molecule has 0 unspecified atom stereocenters. The van der Waals surface area contributed by atoms with Crippen molar-refractivity contribution in [2.24, 2.45) is 0 Å². The molecular formula is C36H7F7N8. The Morgan fingerprint density at radius 2 is 0.824 bits per heavy atom. The van der Waals surface area contributed by atoms with Crippen molar-refractivity contribution in [2.75, 3.05) is 0 Å². The largest absolute Gasteiger partial charge is 0.417 e. The second-order valence-corrected chi connectivity index (χ2v) is 10.4. The van der Waals surface area contributed by atoms with Gasteiger partial charge in [0.05, 0.1) is 45.5 Å². The average Bonchev–Trinajstić information content (AvgIpc) is 3.61. The van der Waals surface area contributed by atoms with E-state index in [1.165, 1.54) is 36.4 Å². The Bertz CT molecular complexity index is 2440. The fourth-order valence-electron chi connectivity index (χ4n) is 5.99. The van der Waals surface area contributed by atoms with Gasteiger partial charge in [0.2, 0.25) is 0 Å². The van der Waals surface area contributed by atoms with E-state index in [1.54, 1.807) is 12.1 Å². The van der Waals surface area contributed by atoms with Crippen molar-refractivity contribution in [1.29, 1.82) is 42.1 Å². The number of rotatable bonds is 2. The third-order valence-corrected chi connectivity index (χ3v) is 7.92. The highest BCUT2D eigenvalue weighted by atomic mass is 19.4. The van der Waals surface area contributed by atoms with E-state index in [0.717, 1.165) is 30.3 Å². The van der Waals surface area contributed by atoms with Crippen molar-refractivity contribution in [3.05, 3.63) is 115 Å². The lowest BCUT2D eigenvalue weighted by Crippen LogP contribution is -2.10. The summed E-state index contributed by atoms with van der Waals surface area (Å²) in [4.78, 5) is 0. The Labute approximate surface area is 282 Å². The zero-order valence-corrected chi connectivity index (χ0v) is 24.8. The van der Waals surface area contributed by atoms with Crippen molar-refractivity contribution >= 4 is 33.4 Å². The Hall–Kier alpha value is -7.95. The number of nitrogens with zero attached hydrogens (tertiary/aromatic N) is 8. The van der Waals surface area contributed by atoms with Crippen LogP contribution in [0.5, 0.6) is 0 Å². The molecule has 15 heteroatoms. The fourth-order valence-corrected chi connectivity index (χ4v) is 5.99. The second-order valence-electron chi connectivity index (χ2n) is 10.4. The summed E-state index contributed by atoms with van der Waals surface area (Å²) < 4.78 is 103. The van der Waals surface area contributed by atoms with Crippen molar-refractivity contribution in [3.8, 4) is 48.6 Å². The summed E-state index contributed by atoms with van der Waals surface area (Å²) in [5.74, 6) is -1.56. The molecule has 0 spiro atoms. The molecule has 2 aliphatic carbocycles. The van der Waals surface area contributed by atoms with Crippen molar-refractivity contribution < 1.29 is 30.7 Å². The van der Waals surface area contributed by atoms with E-state index in [4.69, 9.17) is 0 Å². The number of hydrogen-bond acceptors (Lipinski definition) is 8. The summed E-state index contributed by atoms with van der Waals surface area (Å²) in [6.07, 6.45) is -10.4. The van der Waals surface area contributed by atoms with Crippen LogP contribution in [0.15, 0.2) is 53.6 Å². The van der Waals surface area contributed by atoms with Gasteiger partial charge >= 0.3 is 12.4 Å². The molecule has 0 aromatic heterocycles. The quantitative estimate of drug-likeness (QED) is 0.191. The van der Waals surface area contributed by atoms with Gasteiger partial charge < -0.3 is 0 Å². The van der Waals surface area contributed by atoms with Crippen LogP contribution in [0.25, 0.3) is 33.4 Å². The van der Waals surface area contributed by atoms with Gasteiger partial charge in [-0.2, -0.15) is 68.4 Å². The standard InChI is InChI=1S/C36H7F7N8/c37-34-32-22(28(18(10-46)11-47)30(24(32)14-50)20-3-1-16(8-44)5-26(20)35(38,39)40)7-23-29(19(12-48)13-49)31(25(15-51)33(23)34)21-4-2-17(9-45)6-27(21)36(41,42)43/h1-7H. The fraction of sp³-hybridized carbons (Fsp3) is 0.0556. The molecule has 8 nitrogen and oxygen atoms in total. The maximum Gasteiger partial charge on any atom is 0.417 e. The van der Waals surface area contributed by atoms with E-state index in [1.807, 2.05) is 0 Å². The monoisotopic (exact) mass is 684 g/mol. The summed E-state index contributed by atoms with van der Waals surface area (Å²) in [5, 5.41) is 78.5. The highest BCUT2D eigenvalue weighted by molar-refractivity contribution is 6.30. The van der Waals surface area contributed by atoms with Crippen LogP contribution >= 0.6 is 0 Å². The van der Waals surface area contributed by atoms with Gasteiger partial charge in [-0.1, -0.05) is 12.1 Å². The van der Waals surface area contributed by atoms with Crippen LogP contribution in [0.4, 0.5) is 30.7 Å². The normalized spacial score (nSPS) is 13.0. The van der Waals surface area contributed by atoms with Crippen LogP contribution in [0.2, 0.25) is 0 Å². The van der Waals surface area contributed by atoms with Gasteiger partial charge in [0.1, 0.15) is 53.4 Å². The Morgan fingerprint density at radius 1 is 0.471 bits per heavy atom. The van der Waals surface area contributed by atoms with Gasteiger partial charge in [-0.05, 0) is 52.6 Å². The van der Waals surface area contributed by atoms with Crippen molar-refractivity contribution in [3.63, 3.8) is 0 Å². The van der Waals surface area contributed by atoms with E-state index >= 15 is 4.39 Å². The Morgan fingerprint density at radius 3 is 1.10 bits per heavy atom. The van der Waals surface area contributed by atoms with Crippen LogP contribution in [0.1, 0.15) is 55.6 Å². The van der Waals surface area contributed by atoms with E-state index in [9.17, 15) is 68.4 Å². The number of alkyl halides is 6. The van der Waals surface area contributed by atoms with Crippen LogP contribution in [-0.4, -0.2) is 0 Å². The molecule has 0 radical (unpaired) electrons. The summed E-state index contributed by atoms with van der Waals surface area (Å²) in [5.41, 5.74) is -15.0. The number of hydrogen-bond donors (Lipinski definition) is 0. The van der Waals surface area contributed by atoms with E-state index in [-0.39, 0.29) is 0 Å². The maximum absolute atomic E-state index is 17.0. The lowest BCUT2D eigenvalue weighted by Gasteiger charge is -2.17.